The van der Waals surface area contributed by atoms with Crippen molar-refractivity contribution >= 4 is 5.97 Å². The van der Waals surface area contributed by atoms with Crippen molar-refractivity contribution in [3.8, 4) is 0 Å². The average molecular weight is 247 g/mol. The highest BCUT2D eigenvalue weighted by molar-refractivity contribution is 5.73. The molecular formula is C15H21NO2. The number of benzene rings is 1. The average Bonchev–Trinajstić information content (AvgIpc) is 3.02. The Hall–Kier alpha value is -1.35. The molecule has 0 heterocycles. The fourth-order valence-corrected chi connectivity index (χ4v) is 2.48. The molecule has 1 aromatic rings. The molecule has 0 amide bonds. The van der Waals surface area contributed by atoms with Gasteiger partial charge in [-0.3, -0.25) is 4.79 Å². The van der Waals surface area contributed by atoms with Crippen LogP contribution in [0.1, 0.15) is 23.1 Å². The molecule has 0 saturated heterocycles. The summed E-state index contributed by atoms with van der Waals surface area (Å²) in [4.78, 5) is 13.0. The lowest BCUT2D eigenvalue weighted by Crippen LogP contribution is -2.22. The van der Waals surface area contributed by atoms with Gasteiger partial charge in [-0.25, -0.2) is 0 Å². The summed E-state index contributed by atoms with van der Waals surface area (Å²) in [7, 11) is 2.07. The number of hydrogen-bond donors (Lipinski definition) is 1. The first kappa shape index (κ1) is 13.1. The number of carboxylic acids is 1. The highest BCUT2D eigenvalue weighted by Gasteiger charge is 2.43. The van der Waals surface area contributed by atoms with Crippen LogP contribution in [0.3, 0.4) is 0 Å². The minimum absolute atomic E-state index is 0.106. The van der Waals surface area contributed by atoms with E-state index in [9.17, 15) is 4.79 Å². The molecule has 1 aliphatic carbocycles. The fraction of sp³-hybridized carbons (Fsp3) is 0.533. The van der Waals surface area contributed by atoms with Crippen molar-refractivity contribution in [2.24, 2.45) is 11.8 Å². The van der Waals surface area contributed by atoms with Crippen LogP contribution in [0.4, 0.5) is 0 Å². The first-order valence-electron chi connectivity index (χ1n) is 6.45. The van der Waals surface area contributed by atoms with Gasteiger partial charge in [-0.05, 0) is 44.4 Å². The molecule has 1 N–H and O–H groups in total. The summed E-state index contributed by atoms with van der Waals surface area (Å²) in [5, 5.41) is 8.89. The van der Waals surface area contributed by atoms with Crippen LogP contribution in [-0.4, -0.2) is 29.6 Å². The van der Waals surface area contributed by atoms with Crippen LogP contribution >= 0.6 is 0 Å². The fourth-order valence-electron chi connectivity index (χ4n) is 2.48. The summed E-state index contributed by atoms with van der Waals surface area (Å²) in [5.41, 5.74) is 3.92. The van der Waals surface area contributed by atoms with Gasteiger partial charge in [0.1, 0.15) is 0 Å². The molecule has 0 aromatic heterocycles. The highest BCUT2D eigenvalue weighted by atomic mass is 16.4. The Balaban J connectivity index is 1.90. The van der Waals surface area contributed by atoms with E-state index in [0.717, 1.165) is 19.5 Å². The Kier molecular flexibility index (Phi) is 3.71. The Morgan fingerprint density at radius 2 is 2.17 bits per heavy atom. The maximum Gasteiger partial charge on any atom is 0.306 e. The summed E-state index contributed by atoms with van der Waals surface area (Å²) in [6.45, 7) is 6.00. The maximum atomic E-state index is 10.8. The van der Waals surface area contributed by atoms with Crippen LogP contribution in [0.2, 0.25) is 0 Å². The zero-order valence-electron chi connectivity index (χ0n) is 11.3. The van der Waals surface area contributed by atoms with Gasteiger partial charge in [0.15, 0.2) is 0 Å². The van der Waals surface area contributed by atoms with Crippen LogP contribution in [-0.2, 0) is 11.3 Å². The molecule has 2 rings (SSSR count). The molecule has 0 radical (unpaired) electrons. The third-order valence-corrected chi connectivity index (χ3v) is 3.73. The predicted octanol–water partition coefficient (Wildman–Crippen LogP) is 2.46. The van der Waals surface area contributed by atoms with Crippen LogP contribution in [0.25, 0.3) is 0 Å². The van der Waals surface area contributed by atoms with E-state index in [0.29, 0.717) is 5.92 Å². The number of hydrogen-bond acceptors (Lipinski definition) is 2. The third kappa shape index (κ3) is 3.10. The maximum absolute atomic E-state index is 10.8. The zero-order valence-corrected chi connectivity index (χ0v) is 11.3. The van der Waals surface area contributed by atoms with Gasteiger partial charge < -0.3 is 10.0 Å². The molecule has 2 unspecified atom stereocenters. The molecule has 18 heavy (non-hydrogen) atoms. The molecule has 98 valence electrons. The number of carbonyl (C=O) groups is 1. The molecule has 0 spiro atoms. The van der Waals surface area contributed by atoms with Crippen molar-refractivity contribution in [2.45, 2.75) is 26.8 Å². The van der Waals surface area contributed by atoms with Gasteiger partial charge in [-0.15, -0.1) is 0 Å². The minimum atomic E-state index is -0.639. The van der Waals surface area contributed by atoms with E-state index in [4.69, 9.17) is 5.11 Å². The Bertz CT molecular complexity index is 456. The van der Waals surface area contributed by atoms with Crippen molar-refractivity contribution in [3.63, 3.8) is 0 Å². The lowest BCUT2D eigenvalue weighted by Gasteiger charge is -2.18. The monoisotopic (exact) mass is 247 g/mol. The van der Waals surface area contributed by atoms with E-state index in [1.54, 1.807) is 0 Å². The minimum Gasteiger partial charge on any atom is -0.481 e. The molecule has 1 saturated carbocycles. The molecule has 0 aliphatic heterocycles. The van der Waals surface area contributed by atoms with E-state index in [2.05, 4.69) is 44.0 Å². The number of aryl methyl sites for hydroxylation is 2. The van der Waals surface area contributed by atoms with Crippen LogP contribution in [0.15, 0.2) is 18.2 Å². The third-order valence-electron chi connectivity index (χ3n) is 3.73. The predicted molar refractivity (Wildman–Crippen MR) is 71.5 cm³/mol. The molecule has 2 atom stereocenters. The lowest BCUT2D eigenvalue weighted by atomic mass is 10.1. The summed E-state index contributed by atoms with van der Waals surface area (Å²) >= 11 is 0. The SMILES string of the molecule is Cc1ccc(C)c(CN(C)CC2CC2C(=O)O)c1. The number of carboxylic acid groups (broad SMARTS) is 1. The lowest BCUT2D eigenvalue weighted by molar-refractivity contribution is -0.138. The van der Waals surface area contributed by atoms with Crippen molar-refractivity contribution in [1.82, 2.24) is 4.90 Å². The highest BCUT2D eigenvalue weighted by Crippen LogP contribution is 2.39. The molecule has 3 heteroatoms. The van der Waals surface area contributed by atoms with Gasteiger partial charge in [0.2, 0.25) is 0 Å². The quantitative estimate of drug-likeness (QED) is 0.869. The van der Waals surface area contributed by atoms with E-state index in [1.807, 2.05) is 0 Å². The number of nitrogens with zero attached hydrogens (tertiary/aromatic N) is 1. The standard InChI is InChI=1S/C15H21NO2/c1-10-4-5-11(2)12(6-10)8-16(3)9-13-7-14(13)15(17)18/h4-6,13-14H,7-9H2,1-3H3,(H,17,18). The summed E-state index contributed by atoms with van der Waals surface area (Å²) in [6.07, 6.45) is 0.840. The van der Waals surface area contributed by atoms with Gasteiger partial charge in [0.25, 0.3) is 0 Å². The van der Waals surface area contributed by atoms with E-state index in [1.165, 1.54) is 16.7 Å². The Labute approximate surface area is 108 Å². The van der Waals surface area contributed by atoms with E-state index in [-0.39, 0.29) is 5.92 Å². The summed E-state index contributed by atoms with van der Waals surface area (Å²) in [5.74, 6) is -0.399. The molecule has 1 aliphatic rings. The Morgan fingerprint density at radius 1 is 1.44 bits per heavy atom. The van der Waals surface area contributed by atoms with E-state index < -0.39 is 5.97 Å². The van der Waals surface area contributed by atoms with Gasteiger partial charge in [0, 0.05) is 13.1 Å². The van der Waals surface area contributed by atoms with Crippen molar-refractivity contribution in [3.05, 3.63) is 34.9 Å². The van der Waals surface area contributed by atoms with Gasteiger partial charge >= 0.3 is 5.97 Å². The molecule has 0 bridgehead atoms. The van der Waals surface area contributed by atoms with Crippen LogP contribution in [0, 0.1) is 25.7 Å². The summed E-state index contributed by atoms with van der Waals surface area (Å²) < 4.78 is 0. The molecule has 3 nitrogen and oxygen atoms in total. The second kappa shape index (κ2) is 5.11. The van der Waals surface area contributed by atoms with Crippen molar-refractivity contribution < 1.29 is 9.90 Å². The van der Waals surface area contributed by atoms with E-state index >= 15 is 0 Å². The normalized spacial score (nSPS) is 22.2. The molecule has 1 aromatic carbocycles. The van der Waals surface area contributed by atoms with Gasteiger partial charge in [-0.1, -0.05) is 23.8 Å². The Morgan fingerprint density at radius 3 is 2.78 bits per heavy atom. The molecular weight excluding hydrogens is 226 g/mol. The molecule has 1 fully saturated rings. The zero-order chi connectivity index (χ0) is 13.3. The van der Waals surface area contributed by atoms with Gasteiger partial charge in [-0.2, -0.15) is 0 Å². The topological polar surface area (TPSA) is 40.5 Å². The van der Waals surface area contributed by atoms with Crippen molar-refractivity contribution in [1.29, 1.82) is 0 Å². The van der Waals surface area contributed by atoms with Crippen LogP contribution in [0.5, 0.6) is 0 Å². The number of rotatable bonds is 5. The van der Waals surface area contributed by atoms with Crippen LogP contribution < -0.4 is 0 Å². The largest absolute Gasteiger partial charge is 0.481 e. The second-order valence-electron chi connectivity index (χ2n) is 5.57. The van der Waals surface area contributed by atoms with Gasteiger partial charge in [0.05, 0.1) is 5.92 Å². The smallest absolute Gasteiger partial charge is 0.306 e. The number of aliphatic carboxylic acids is 1. The second-order valence-corrected chi connectivity index (χ2v) is 5.57. The first-order valence-corrected chi connectivity index (χ1v) is 6.45. The van der Waals surface area contributed by atoms with Crippen molar-refractivity contribution in [2.75, 3.05) is 13.6 Å². The summed E-state index contributed by atoms with van der Waals surface area (Å²) in [6, 6.07) is 6.49. The first-order chi connectivity index (χ1) is 8.47.